The normalized spacial score (nSPS) is 29.8. The second kappa shape index (κ2) is 9.73. The zero-order valence-electron chi connectivity index (χ0n) is 22.1. The van der Waals surface area contributed by atoms with Gasteiger partial charge >= 0.3 is 5.97 Å². The van der Waals surface area contributed by atoms with Gasteiger partial charge in [-0.2, -0.15) is 0 Å². The predicted molar refractivity (Wildman–Crippen MR) is 140 cm³/mol. The average Bonchev–Trinajstić information content (AvgIpc) is 3.31. The average molecular weight is 568 g/mol. The summed E-state index contributed by atoms with van der Waals surface area (Å²) < 4.78 is 10.8. The van der Waals surface area contributed by atoms with Crippen LogP contribution in [0.2, 0.25) is 0 Å². The number of aliphatic hydroxyl groups is 3. The van der Waals surface area contributed by atoms with E-state index in [4.69, 9.17) is 9.47 Å². The second-order valence-corrected chi connectivity index (χ2v) is 10.7. The summed E-state index contributed by atoms with van der Waals surface area (Å²) >= 11 is 0. The standard InChI is InChI=1S/C28H29N3O10/c1-11-7-18(40-28-24(36)22(34)23(35)25(41-28)27(38)39)17(32)9-13(11)21-20-14(12-5-3-4-6-15(12)29-20)8-16-26(37)30(2)10-19(33)31(16)21/h3-7,9,16,21-25,28-29,32,34-36H,8,10H2,1-2H3,(H,38,39)/t16-,21-,22+,23+,24-,25+,28-/m1/s1. The molecule has 4 heterocycles. The SMILES string of the molecule is Cc1cc(O[C@@H]2O[C@H](C(=O)O)[C@@H](O)[C@H](O)[C@H]2O)c(O)cc1[C@@H]1c2[nH]c3ccccc3c2C[C@@H]2C(=O)N(C)CC(=O)N12. The molecular weight excluding hydrogens is 538 g/mol. The van der Waals surface area contributed by atoms with Gasteiger partial charge in [-0.25, -0.2) is 4.79 Å². The van der Waals surface area contributed by atoms with E-state index in [2.05, 4.69) is 4.98 Å². The lowest BCUT2D eigenvalue weighted by atomic mass is 9.85. The summed E-state index contributed by atoms with van der Waals surface area (Å²) in [6.45, 7) is 1.62. The number of aromatic hydroxyl groups is 1. The molecule has 6 N–H and O–H groups in total. The van der Waals surface area contributed by atoms with Crippen LogP contribution < -0.4 is 4.74 Å². The van der Waals surface area contributed by atoms with Crippen LogP contribution in [0.3, 0.4) is 0 Å². The molecule has 2 aromatic carbocycles. The highest BCUT2D eigenvalue weighted by molar-refractivity contribution is 5.97. The van der Waals surface area contributed by atoms with Crippen LogP contribution in [-0.2, 0) is 25.5 Å². The van der Waals surface area contributed by atoms with Crippen molar-refractivity contribution < 1.29 is 49.4 Å². The maximum Gasteiger partial charge on any atom is 0.335 e. The predicted octanol–water partition coefficient (Wildman–Crippen LogP) is -0.232. The van der Waals surface area contributed by atoms with Crippen molar-refractivity contribution in [1.29, 1.82) is 0 Å². The Bertz CT molecular complexity index is 1570. The third kappa shape index (κ3) is 4.20. The summed E-state index contributed by atoms with van der Waals surface area (Å²) in [4.78, 5) is 44.5. The number of likely N-dealkylation sites (N-methyl/N-ethyl adjacent to an activating group) is 1. The molecule has 13 heteroatoms. The van der Waals surface area contributed by atoms with Gasteiger partial charge in [0.2, 0.25) is 18.1 Å². The van der Waals surface area contributed by atoms with Crippen molar-refractivity contribution in [3.63, 3.8) is 0 Å². The Hall–Kier alpha value is -4.17. The first kappa shape index (κ1) is 27.0. The number of aromatic amines is 1. The Balaban J connectivity index is 1.42. The molecule has 41 heavy (non-hydrogen) atoms. The Morgan fingerprint density at radius 2 is 1.83 bits per heavy atom. The Morgan fingerprint density at radius 3 is 2.56 bits per heavy atom. The van der Waals surface area contributed by atoms with Gasteiger partial charge in [0.15, 0.2) is 17.6 Å². The molecule has 0 saturated carbocycles. The maximum atomic E-state index is 13.4. The summed E-state index contributed by atoms with van der Waals surface area (Å²) in [5, 5.41) is 51.7. The number of carbonyl (C=O) groups excluding carboxylic acids is 2. The van der Waals surface area contributed by atoms with Crippen molar-refractivity contribution >= 4 is 28.7 Å². The van der Waals surface area contributed by atoms with Crippen molar-refractivity contribution in [3.05, 3.63) is 58.8 Å². The number of carboxylic acids is 1. The van der Waals surface area contributed by atoms with E-state index in [1.54, 1.807) is 18.9 Å². The number of carbonyl (C=O) groups is 3. The number of para-hydroxylation sites is 1. The third-order valence-corrected chi connectivity index (χ3v) is 8.15. The largest absolute Gasteiger partial charge is 0.504 e. The number of H-pyrrole nitrogens is 1. The van der Waals surface area contributed by atoms with Crippen LogP contribution >= 0.6 is 0 Å². The van der Waals surface area contributed by atoms with Crippen molar-refractivity contribution in [2.75, 3.05) is 13.6 Å². The lowest BCUT2D eigenvalue weighted by Gasteiger charge is -2.46. The first-order valence-corrected chi connectivity index (χ1v) is 13.1. The monoisotopic (exact) mass is 567 g/mol. The van der Waals surface area contributed by atoms with Gasteiger partial charge in [0.25, 0.3) is 0 Å². The van der Waals surface area contributed by atoms with Crippen molar-refractivity contribution in [1.82, 2.24) is 14.8 Å². The minimum Gasteiger partial charge on any atom is -0.504 e. The highest BCUT2D eigenvalue weighted by Gasteiger charge is 2.49. The van der Waals surface area contributed by atoms with E-state index in [0.29, 0.717) is 17.5 Å². The fourth-order valence-corrected chi connectivity index (χ4v) is 6.08. The zero-order chi connectivity index (χ0) is 29.3. The van der Waals surface area contributed by atoms with E-state index in [0.717, 1.165) is 22.2 Å². The van der Waals surface area contributed by atoms with Gasteiger partial charge in [-0.1, -0.05) is 18.2 Å². The van der Waals surface area contributed by atoms with Gasteiger partial charge < -0.3 is 49.8 Å². The highest BCUT2D eigenvalue weighted by atomic mass is 16.7. The third-order valence-electron chi connectivity index (χ3n) is 8.15. The fraction of sp³-hybridized carbons (Fsp3) is 0.393. The van der Waals surface area contributed by atoms with Gasteiger partial charge in [-0.15, -0.1) is 0 Å². The number of benzene rings is 2. The first-order valence-electron chi connectivity index (χ1n) is 13.1. The molecule has 3 aliphatic heterocycles. The number of nitrogens with zero attached hydrogens (tertiary/aromatic N) is 2. The summed E-state index contributed by atoms with van der Waals surface area (Å²) in [7, 11) is 1.59. The molecule has 216 valence electrons. The number of phenolic OH excluding ortho intramolecular Hbond substituents is 1. The van der Waals surface area contributed by atoms with E-state index < -0.39 is 54.5 Å². The van der Waals surface area contributed by atoms with Gasteiger partial charge in [-0.05, 0) is 41.8 Å². The molecule has 13 nitrogen and oxygen atoms in total. The van der Waals surface area contributed by atoms with Gasteiger partial charge in [0.05, 0.1) is 12.6 Å². The van der Waals surface area contributed by atoms with E-state index in [1.165, 1.54) is 17.0 Å². The van der Waals surface area contributed by atoms with E-state index >= 15 is 0 Å². The number of ether oxygens (including phenoxy) is 2. The lowest BCUT2D eigenvalue weighted by Crippen LogP contribution is -2.62. The van der Waals surface area contributed by atoms with Crippen LogP contribution in [0.5, 0.6) is 11.5 Å². The van der Waals surface area contributed by atoms with Crippen molar-refractivity contribution in [2.45, 2.75) is 56.1 Å². The molecule has 6 rings (SSSR count). The summed E-state index contributed by atoms with van der Waals surface area (Å²) in [6.07, 6.45) is -8.86. The molecule has 2 amide bonds. The number of nitrogens with one attached hydrogen (secondary N) is 1. The molecule has 3 aromatic rings. The van der Waals surface area contributed by atoms with Crippen LogP contribution in [0.1, 0.15) is 28.4 Å². The van der Waals surface area contributed by atoms with Crippen LogP contribution in [0.25, 0.3) is 10.9 Å². The number of aryl methyl sites for hydroxylation is 1. The number of aliphatic carboxylic acids is 1. The number of hydrogen-bond acceptors (Lipinski definition) is 9. The number of hydrogen-bond donors (Lipinski definition) is 6. The van der Waals surface area contributed by atoms with Crippen molar-refractivity contribution in [2.24, 2.45) is 0 Å². The number of amides is 2. The summed E-state index contributed by atoms with van der Waals surface area (Å²) in [5.41, 5.74) is 3.52. The second-order valence-electron chi connectivity index (χ2n) is 10.7. The van der Waals surface area contributed by atoms with Crippen LogP contribution in [0.4, 0.5) is 0 Å². The van der Waals surface area contributed by atoms with E-state index in [-0.39, 0.29) is 24.1 Å². The molecule has 1 aromatic heterocycles. The maximum absolute atomic E-state index is 13.4. The van der Waals surface area contributed by atoms with Crippen molar-refractivity contribution in [3.8, 4) is 11.5 Å². The topological polar surface area (TPSA) is 193 Å². The number of rotatable bonds is 4. The number of piperazine rings is 1. The zero-order valence-corrected chi connectivity index (χ0v) is 22.1. The highest BCUT2D eigenvalue weighted by Crippen LogP contribution is 2.45. The van der Waals surface area contributed by atoms with Crippen LogP contribution in [-0.4, -0.2) is 108 Å². The Morgan fingerprint density at radius 1 is 1.10 bits per heavy atom. The van der Waals surface area contributed by atoms with Gasteiger partial charge in [-0.3, -0.25) is 9.59 Å². The fourth-order valence-electron chi connectivity index (χ4n) is 6.08. The molecule has 2 fully saturated rings. The van der Waals surface area contributed by atoms with E-state index in [1.807, 2.05) is 24.3 Å². The van der Waals surface area contributed by atoms with Crippen LogP contribution in [0.15, 0.2) is 36.4 Å². The lowest BCUT2D eigenvalue weighted by molar-refractivity contribution is -0.271. The molecule has 7 atom stereocenters. The molecule has 3 aliphatic rings. The number of carboxylic acid groups (broad SMARTS) is 1. The number of fused-ring (bicyclic) bond motifs is 4. The Labute approximate surface area is 233 Å². The van der Waals surface area contributed by atoms with Gasteiger partial charge in [0, 0.05) is 30.1 Å². The molecule has 0 bridgehead atoms. The summed E-state index contributed by atoms with van der Waals surface area (Å²) in [6, 6.07) is 8.96. The minimum atomic E-state index is -1.89. The molecular formula is C28H29N3O10. The smallest absolute Gasteiger partial charge is 0.335 e. The van der Waals surface area contributed by atoms with Crippen LogP contribution in [0, 0.1) is 6.92 Å². The first-order chi connectivity index (χ1) is 19.5. The number of aliphatic hydroxyl groups excluding tert-OH is 3. The number of phenols is 1. The quantitative estimate of drug-likeness (QED) is 0.245. The Kier molecular flexibility index (Phi) is 6.41. The van der Waals surface area contributed by atoms with Gasteiger partial charge in [0.1, 0.15) is 24.4 Å². The molecule has 0 spiro atoms. The molecule has 0 radical (unpaired) electrons. The molecule has 2 saturated heterocycles. The molecule has 0 unspecified atom stereocenters. The molecule has 0 aliphatic carbocycles. The minimum absolute atomic E-state index is 0.0938. The van der Waals surface area contributed by atoms with E-state index in [9.17, 15) is 39.9 Å². The summed E-state index contributed by atoms with van der Waals surface area (Å²) in [5.74, 6) is -2.61. The number of aromatic nitrogens is 1.